The lowest BCUT2D eigenvalue weighted by Gasteiger charge is -2.07. The largest absolute Gasteiger partial charge is 0.399 e. The molecular weight excluding hydrogens is 138 g/mol. The van der Waals surface area contributed by atoms with Crippen molar-refractivity contribution in [3.05, 3.63) is 23.8 Å². The molecule has 0 saturated heterocycles. The van der Waals surface area contributed by atoms with Crippen molar-refractivity contribution in [1.82, 2.24) is 0 Å². The number of rotatable bonds is 2. The predicted molar refractivity (Wildman–Crippen MR) is 48.3 cm³/mol. The van der Waals surface area contributed by atoms with E-state index in [1.165, 1.54) is 0 Å². The van der Waals surface area contributed by atoms with Crippen molar-refractivity contribution in [3.63, 3.8) is 0 Å². The second kappa shape index (κ2) is 3.25. The van der Waals surface area contributed by atoms with Crippen LogP contribution in [0.4, 0.5) is 11.4 Å². The number of aryl methyl sites for hydroxylation is 1. The fourth-order valence-corrected chi connectivity index (χ4v) is 0.940. The van der Waals surface area contributed by atoms with Gasteiger partial charge in [-0.25, -0.2) is 0 Å². The van der Waals surface area contributed by atoms with Gasteiger partial charge >= 0.3 is 0 Å². The smallest absolute Gasteiger partial charge is 0.0628 e. The molecule has 0 radical (unpaired) electrons. The highest BCUT2D eigenvalue weighted by atomic mass is 15.0. The summed E-state index contributed by atoms with van der Waals surface area (Å²) in [6.07, 6.45) is 0. The molecule has 0 fully saturated rings. The lowest BCUT2D eigenvalue weighted by molar-refractivity contribution is 1.14. The van der Waals surface area contributed by atoms with Crippen molar-refractivity contribution >= 4 is 11.4 Å². The van der Waals surface area contributed by atoms with Gasteiger partial charge in [-0.15, -0.1) is 0 Å². The van der Waals surface area contributed by atoms with E-state index >= 15 is 0 Å². The first-order chi connectivity index (χ1) is 5.24. The van der Waals surface area contributed by atoms with E-state index in [0.717, 1.165) is 16.9 Å². The summed E-state index contributed by atoms with van der Waals surface area (Å²) in [4.78, 5) is 0. The van der Waals surface area contributed by atoms with Crippen LogP contribution in [0.5, 0.6) is 0 Å². The normalized spacial score (nSPS) is 9.64. The van der Waals surface area contributed by atoms with Gasteiger partial charge in [0, 0.05) is 11.4 Å². The zero-order chi connectivity index (χ0) is 8.27. The summed E-state index contributed by atoms with van der Waals surface area (Å²) in [6.45, 7) is 2.45. The molecule has 0 amide bonds. The lowest BCUT2D eigenvalue weighted by Crippen LogP contribution is -2.11. The minimum Gasteiger partial charge on any atom is -0.399 e. The van der Waals surface area contributed by atoms with Crippen LogP contribution in [0, 0.1) is 6.92 Å². The molecule has 0 aliphatic carbocycles. The van der Waals surface area contributed by atoms with Crippen LogP contribution in [0.25, 0.3) is 0 Å². The van der Waals surface area contributed by atoms with Crippen molar-refractivity contribution in [3.8, 4) is 0 Å². The SMILES string of the molecule is Cc1ccc(N)cc1NCN. The lowest BCUT2D eigenvalue weighted by atomic mass is 10.2. The minimum atomic E-state index is 0.435. The second-order valence-corrected chi connectivity index (χ2v) is 2.46. The molecule has 5 N–H and O–H groups in total. The molecule has 1 rings (SSSR count). The molecule has 1 aromatic carbocycles. The fraction of sp³-hybridized carbons (Fsp3) is 0.250. The summed E-state index contributed by atoms with van der Waals surface area (Å²) in [5.74, 6) is 0. The molecule has 0 aliphatic heterocycles. The highest BCUT2D eigenvalue weighted by Gasteiger charge is 1.95. The molecule has 0 aliphatic rings. The maximum Gasteiger partial charge on any atom is 0.0628 e. The number of hydrogen-bond donors (Lipinski definition) is 3. The van der Waals surface area contributed by atoms with E-state index in [1.807, 2.05) is 25.1 Å². The Morgan fingerprint density at radius 1 is 1.45 bits per heavy atom. The Bertz CT molecular complexity index is 245. The molecule has 0 saturated carbocycles. The molecule has 3 heteroatoms. The summed E-state index contributed by atoms with van der Waals surface area (Å²) in [7, 11) is 0. The number of anilines is 2. The molecule has 0 heterocycles. The number of nitrogen functional groups attached to an aromatic ring is 1. The third-order valence-electron chi connectivity index (χ3n) is 1.55. The molecule has 0 unspecified atom stereocenters. The van der Waals surface area contributed by atoms with Crippen LogP contribution in [-0.2, 0) is 0 Å². The van der Waals surface area contributed by atoms with Gasteiger partial charge in [0.05, 0.1) is 6.67 Å². The van der Waals surface area contributed by atoms with Crippen molar-refractivity contribution < 1.29 is 0 Å². The third kappa shape index (κ3) is 1.85. The number of hydrogen-bond acceptors (Lipinski definition) is 3. The first-order valence-corrected chi connectivity index (χ1v) is 3.54. The average molecular weight is 151 g/mol. The number of nitrogens with one attached hydrogen (secondary N) is 1. The van der Waals surface area contributed by atoms with E-state index in [4.69, 9.17) is 11.5 Å². The zero-order valence-corrected chi connectivity index (χ0v) is 6.59. The molecule has 0 spiro atoms. The predicted octanol–water partition coefficient (Wildman–Crippen LogP) is 0.905. The van der Waals surface area contributed by atoms with E-state index in [-0.39, 0.29) is 0 Å². The molecule has 11 heavy (non-hydrogen) atoms. The van der Waals surface area contributed by atoms with Crippen LogP contribution < -0.4 is 16.8 Å². The molecular formula is C8H13N3. The Labute approximate surface area is 66.4 Å². The molecule has 0 atom stereocenters. The maximum atomic E-state index is 5.58. The van der Waals surface area contributed by atoms with Gasteiger partial charge in [-0.3, -0.25) is 0 Å². The Morgan fingerprint density at radius 2 is 2.18 bits per heavy atom. The van der Waals surface area contributed by atoms with Crippen LogP contribution in [-0.4, -0.2) is 6.67 Å². The van der Waals surface area contributed by atoms with Gasteiger partial charge in [0.2, 0.25) is 0 Å². The summed E-state index contributed by atoms with van der Waals surface area (Å²) >= 11 is 0. The van der Waals surface area contributed by atoms with E-state index in [2.05, 4.69) is 5.32 Å². The van der Waals surface area contributed by atoms with Crippen LogP contribution in [0.3, 0.4) is 0 Å². The number of benzene rings is 1. The highest BCUT2D eigenvalue weighted by Crippen LogP contribution is 2.16. The average Bonchev–Trinajstić information content (AvgIpc) is 1.98. The topological polar surface area (TPSA) is 64.1 Å². The second-order valence-electron chi connectivity index (χ2n) is 2.46. The Kier molecular flexibility index (Phi) is 2.33. The van der Waals surface area contributed by atoms with Crippen LogP contribution >= 0.6 is 0 Å². The monoisotopic (exact) mass is 151 g/mol. The van der Waals surface area contributed by atoms with E-state index in [1.54, 1.807) is 0 Å². The summed E-state index contributed by atoms with van der Waals surface area (Å²) < 4.78 is 0. The highest BCUT2D eigenvalue weighted by molar-refractivity contribution is 5.58. The van der Waals surface area contributed by atoms with Gasteiger partial charge in [0.15, 0.2) is 0 Å². The number of nitrogens with two attached hydrogens (primary N) is 2. The van der Waals surface area contributed by atoms with Crippen LogP contribution in [0.2, 0.25) is 0 Å². The fourth-order valence-electron chi connectivity index (χ4n) is 0.940. The maximum absolute atomic E-state index is 5.58. The van der Waals surface area contributed by atoms with E-state index < -0.39 is 0 Å². The molecule has 1 aromatic rings. The summed E-state index contributed by atoms with van der Waals surface area (Å²) in [6, 6.07) is 5.71. The van der Waals surface area contributed by atoms with Gasteiger partial charge < -0.3 is 16.8 Å². The standard InChI is InChI=1S/C8H13N3/c1-6-2-3-7(10)4-8(6)11-5-9/h2-4,11H,5,9-10H2,1H3. The first kappa shape index (κ1) is 7.88. The first-order valence-electron chi connectivity index (χ1n) is 3.54. The van der Waals surface area contributed by atoms with Gasteiger partial charge in [-0.1, -0.05) is 6.07 Å². The van der Waals surface area contributed by atoms with Gasteiger partial charge in [-0.05, 0) is 24.6 Å². The van der Waals surface area contributed by atoms with Crippen molar-refractivity contribution in [2.24, 2.45) is 5.73 Å². The molecule has 0 aromatic heterocycles. The Morgan fingerprint density at radius 3 is 2.82 bits per heavy atom. The van der Waals surface area contributed by atoms with Gasteiger partial charge in [0.1, 0.15) is 0 Å². The Hall–Kier alpha value is -1.22. The minimum absolute atomic E-state index is 0.435. The zero-order valence-electron chi connectivity index (χ0n) is 6.59. The molecule has 60 valence electrons. The van der Waals surface area contributed by atoms with Gasteiger partial charge in [-0.2, -0.15) is 0 Å². The quantitative estimate of drug-likeness (QED) is 0.434. The van der Waals surface area contributed by atoms with E-state index in [0.29, 0.717) is 6.67 Å². The van der Waals surface area contributed by atoms with Gasteiger partial charge in [0.25, 0.3) is 0 Å². The van der Waals surface area contributed by atoms with E-state index in [9.17, 15) is 0 Å². The van der Waals surface area contributed by atoms with Crippen LogP contribution in [0.15, 0.2) is 18.2 Å². The van der Waals surface area contributed by atoms with Crippen molar-refractivity contribution in [1.29, 1.82) is 0 Å². The van der Waals surface area contributed by atoms with Crippen LogP contribution in [0.1, 0.15) is 5.56 Å². The molecule has 0 bridgehead atoms. The van der Waals surface area contributed by atoms with Crippen molar-refractivity contribution in [2.75, 3.05) is 17.7 Å². The molecule has 3 nitrogen and oxygen atoms in total. The summed E-state index contributed by atoms with van der Waals surface area (Å²) in [5, 5.41) is 3.01. The Balaban J connectivity index is 2.93. The van der Waals surface area contributed by atoms with Crippen molar-refractivity contribution in [2.45, 2.75) is 6.92 Å². The summed E-state index contributed by atoms with van der Waals surface area (Å²) in [5.41, 5.74) is 13.8. The third-order valence-corrected chi connectivity index (χ3v) is 1.55.